The lowest BCUT2D eigenvalue weighted by Gasteiger charge is -2.30. The minimum Gasteiger partial charge on any atom is -0.393 e. The molecular weight excluding hydrogens is 252 g/mol. The van der Waals surface area contributed by atoms with Crippen molar-refractivity contribution in [3.05, 3.63) is 35.4 Å². The van der Waals surface area contributed by atoms with Crippen molar-refractivity contribution in [3.8, 4) is 0 Å². The lowest BCUT2D eigenvalue weighted by atomic mass is 9.92. The Morgan fingerprint density at radius 1 is 1.15 bits per heavy atom. The monoisotopic (exact) mass is 274 g/mol. The van der Waals surface area contributed by atoms with Crippen molar-refractivity contribution in [2.24, 2.45) is 0 Å². The molecule has 20 heavy (non-hydrogen) atoms. The summed E-state index contributed by atoms with van der Waals surface area (Å²) >= 11 is 0. The van der Waals surface area contributed by atoms with Crippen LogP contribution in [0.15, 0.2) is 24.3 Å². The molecule has 0 aromatic heterocycles. The minimum absolute atomic E-state index is 0.0980. The molecule has 1 fully saturated rings. The number of rotatable bonds is 2. The number of hydrogen-bond donors (Lipinski definition) is 3. The van der Waals surface area contributed by atoms with E-state index in [9.17, 15) is 9.90 Å². The van der Waals surface area contributed by atoms with Crippen molar-refractivity contribution in [3.63, 3.8) is 0 Å². The number of aliphatic hydroxyl groups is 1. The Kier molecular flexibility index (Phi) is 4.03. The van der Waals surface area contributed by atoms with Gasteiger partial charge in [0.05, 0.1) is 12.1 Å². The SMILES string of the molecule is O=C(NC1CCC(O)CC1)C1Cc2ccccc2CN1. The van der Waals surface area contributed by atoms with Gasteiger partial charge in [0.25, 0.3) is 0 Å². The van der Waals surface area contributed by atoms with E-state index in [4.69, 9.17) is 0 Å². The highest BCUT2D eigenvalue weighted by Crippen LogP contribution is 2.20. The molecule has 4 heteroatoms. The smallest absolute Gasteiger partial charge is 0.237 e. The number of hydrogen-bond acceptors (Lipinski definition) is 3. The topological polar surface area (TPSA) is 61.4 Å². The molecule has 1 unspecified atom stereocenters. The fourth-order valence-electron chi connectivity index (χ4n) is 3.16. The van der Waals surface area contributed by atoms with E-state index in [0.29, 0.717) is 0 Å². The average molecular weight is 274 g/mol. The summed E-state index contributed by atoms with van der Waals surface area (Å²) in [7, 11) is 0. The van der Waals surface area contributed by atoms with E-state index in [1.165, 1.54) is 11.1 Å². The molecule has 1 atom stereocenters. The van der Waals surface area contributed by atoms with Gasteiger partial charge in [-0.25, -0.2) is 0 Å². The Morgan fingerprint density at radius 3 is 2.60 bits per heavy atom. The maximum Gasteiger partial charge on any atom is 0.237 e. The third-order valence-corrected chi connectivity index (χ3v) is 4.44. The van der Waals surface area contributed by atoms with Crippen LogP contribution in [0.4, 0.5) is 0 Å². The lowest BCUT2D eigenvalue weighted by Crippen LogP contribution is -2.51. The van der Waals surface area contributed by atoms with Crippen molar-refractivity contribution in [2.45, 2.75) is 56.8 Å². The van der Waals surface area contributed by atoms with Crippen LogP contribution in [-0.2, 0) is 17.8 Å². The Morgan fingerprint density at radius 2 is 1.85 bits per heavy atom. The van der Waals surface area contributed by atoms with E-state index in [1.54, 1.807) is 0 Å². The Labute approximate surface area is 119 Å². The maximum absolute atomic E-state index is 12.3. The quantitative estimate of drug-likeness (QED) is 0.757. The molecule has 4 nitrogen and oxygen atoms in total. The summed E-state index contributed by atoms with van der Waals surface area (Å²) in [5.74, 6) is 0.0980. The van der Waals surface area contributed by atoms with Gasteiger partial charge in [-0.15, -0.1) is 0 Å². The number of carbonyl (C=O) groups is 1. The minimum atomic E-state index is -0.178. The zero-order chi connectivity index (χ0) is 13.9. The van der Waals surface area contributed by atoms with Gasteiger partial charge in [-0.05, 0) is 43.2 Å². The first-order chi connectivity index (χ1) is 9.72. The summed E-state index contributed by atoms with van der Waals surface area (Å²) < 4.78 is 0. The summed E-state index contributed by atoms with van der Waals surface area (Å²) in [5, 5.41) is 15.9. The van der Waals surface area contributed by atoms with E-state index in [0.717, 1.165) is 38.6 Å². The van der Waals surface area contributed by atoms with Crippen LogP contribution < -0.4 is 10.6 Å². The van der Waals surface area contributed by atoms with E-state index in [1.807, 2.05) is 12.1 Å². The van der Waals surface area contributed by atoms with Gasteiger partial charge in [-0.2, -0.15) is 0 Å². The summed E-state index contributed by atoms with van der Waals surface area (Å²) in [4.78, 5) is 12.3. The number of benzene rings is 1. The largest absolute Gasteiger partial charge is 0.393 e. The molecule has 1 heterocycles. The highest BCUT2D eigenvalue weighted by Gasteiger charge is 2.27. The standard InChI is InChI=1S/C16H22N2O2/c19-14-7-5-13(6-8-14)18-16(20)15-9-11-3-1-2-4-12(11)10-17-15/h1-4,13-15,17,19H,5-10H2,(H,18,20). The molecular formula is C16H22N2O2. The molecule has 0 saturated heterocycles. The highest BCUT2D eigenvalue weighted by molar-refractivity contribution is 5.82. The van der Waals surface area contributed by atoms with Crippen LogP contribution in [0.5, 0.6) is 0 Å². The predicted octanol–water partition coefficient (Wildman–Crippen LogP) is 1.12. The van der Waals surface area contributed by atoms with Gasteiger partial charge in [0.1, 0.15) is 0 Å². The van der Waals surface area contributed by atoms with Crippen molar-refractivity contribution in [2.75, 3.05) is 0 Å². The van der Waals surface area contributed by atoms with Crippen LogP contribution in [0.2, 0.25) is 0 Å². The molecule has 2 aliphatic rings. The second kappa shape index (κ2) is 5.94. The van der Waals surface area contributed by atoms with Gasteiger partial charge in [-0.1, -0.05) is 24.3 Å². The number of aliphatic hydroxyl groups excluding tert-OH is 1. The Bertz CT molecular complexity index is 481. The highest BCUT2D eigenvalue weighted by atomic mass is 16.3. The first-order valence-electron chi connectivity index (χ1n) is 7.51. The Balaban J connectivity index is 1.56. The zero-order valence-corrected chi connectivity index (χ0v) is 11.6. The summed E-state index contributed by atoms with van der Waals surface area (Å²) in [6.07, 6.45) is 3.95. The normalized spacial score (nSPS) is 29.6. The van der Waals surface area contributed by atoms with Crippen molar-refractivity contribution >= 4 is 5.91 Å². The number of carbonyl (C=O) groups excluding carboxylic acids is 1. The second-order valence-electron chi connectivity index (χ2n) is 5.92. The molecule has 1 saturated carbocycles. The van der Waals surface area contributed by atoms with Crippen LogP contribution in [-0.4, -0.2) is 29.2 Å². The van der Waals surface area contributed by atoms with Crippen molar-refractivity contribution in [1.29, 1.82) is 0 Å². The van der Waals surface area contributed by atoms with Gasteiger partial charge in [-0.3, -0.25) is 4.79 Å². The zero-order valence-electron chi connectivity index (χ0n) is 11.6. The summed E-state index contributed by atoms with van der Waals surface area (Å²) in [6.45, 7) is 0.762. The number of fused-ring (bicyclic) bond motifs is 1. The average Bonchev–Trinajstić information content (AvgIpc) is 2.49. The molecule has 108 valence electrons. The number of amides is 1. The van der Waals surface area contributed by atoms with Crippen LogP contribution in [0.25, 0.3) is 0 Å². The van der Waals surface area contributed by atoms with Gasteiger partial charge >= 0.3 is 0 Å². The van der Waals surface area contributed by atoms with Crippen molar-refractivity contribution in [1.82, 2.24) is 10.6 Å². The molecule has 3 N–H and O–H groups in total. The molecule has 3 rings (SSSR count). The lowest BCUT2D eigenvalue weighted by molar-refractivity contribution is -0.124. The molecule has 1 aromatic rings. The van der Waals surface area contributed by atoms with Crippen LogP contribution in [0.3, 0.4) is 0 Å². The number of nitrogens with one attached hydrogen (secondary N) is 2. The van der Waals surface area contributed by atoms with E-state index in [2.05, 4.69) is 22.8 Å². The summed E-state index contributed by atoms with van der Waals surface area (Å²) in [5.41, 5.74) is 2.56. The molecule has 1 aromatic carbocycles. The molecule has 1 amide bonds. The van der Waals surface area contributed by atoms with Crippen LogP contribution in [0.1, 0.15) is 36.8 Å². The first-order valence-corrected chi connectivity index (χ1v) is 7.51. The Hall–Kier alpha value is -1.39. The third kappa shape index (κ3) is 3.02. The van der Waals surface area contributed by atoms with Gasteiger partial charge in [0.2, 0.25) is 5.91 Å². The molecule has 0 bridgehead atoms. The fourth-order valence-corrected chi connectivity index (χ4v) is 3.16. The van der Waals surface area contributed by atoms with Gasteiger partial charge in [0.15, 0.2) is 0 Å². The predicted molar refractivity (Wildman–Crippen MR) is 77.2 cm³/mol. The van der Waals surface area contributed by atoms with E-state index < -0.39 is 0 Å². The van der Waals surface area contributed by atoms with E-state index in [-0.39, 0.29) is 24.1 Å². The molecule has 0 radical (unpaired) electrons. The second-order valence-corrected chi connectivity index (χ2v) is 5.92. The third-order valence-electron chi connectivity index (χ3n) is 4.44. The molecule has 1 aliphatic heterocycles. The van der Waals surface area contributed by atoms with Gasteiger partial charge in [0, 0.05) is 12.6 Å². The van der Waals surface area contributed by atoms with Crippen LogP contribution >= 0.6 is 0 Å². The van der Waals surface area contributed by atoms with E-state index >= 15 is 0 Å². The van der Waals surface area contributed by atoms with Crippen LogP contribution in [0, 0.1) is 0 Å². The fraction of sp³-hybridized carbons (Fsp3) is 0.562. The summed E-state index contributed by atoms with van der Waals surface area (Å²) in [6, 6.07) is 8.38. The van der Waals surface area contributed by atoms with Crippen molar-refractivity contribution < 1.29 is 9.90 Å². The maximum atomic E-state index is 12.3. The van der Waals surface area contributed by atoms with Gasteiger partial charge < -0.3 is 15.7 Å². The molecule has 0 spiro atoms. The first kappa shape index (κ1) is 13.6. The molecule has 1 aliphatic carbocycles.